The van der Waals surface area contributed by atoms with Crippen molar-refractivity contribution in [2.45, 2.75) is 26.8 Å². The molecule has 0 radical (unpaired) electrons. The molecule has 0 spiro atoms. The Hall–Kier alpha value is -0.770. The van der Waals surface area contributed by atoms with Crippen LogP contribution in [-0.2, 0) is 9.59 Å². The molecule has 0 saturated heterocycles. The van der Waals surface area contributed by atoms with Crippen LogP contribution in [0.5, 0.6) is 0 Å². The number of amides is 1. The maximum atomic E-state index is 10.9. The minimum Gasteiger partial charge on any atom is -0.480 e. The van der Waals surface area contributed by atoms with E-state index in [2.05, 4.69) is 5.32 Å². The molecule has 0 saturated carbocycles. The highest BCUT2D eigenvalue weighted by molar-refractivity contribution is 6.27. The van der Waals surface area contributed by atoms with Crippen LogP contribution in [0.25, 0.3) is 0 Å². The molecular formula is C8H14ClNO3. The molecule has 1 atom stereocenters. The Labute approximate surface area is 82.3 Å². The van der Waals surface area contributed by atoms with E-state index < -0.39 is 23.3 Å². The van der Waals surface area contributed by atoms with Crippen molar-refractivity contribution < 1.29 is 14.7 Å². The largest absolute Gasteiger partial charge is 0.480 e. The SMILES string of the molecule is CC(C)(C)C(NC(=O)CCl)C(=O)O. The Bertz CT molecular complexity index is 210. The van der Waals surface area contributed by atoms with Gasteiger partial charge in [0.15, 0.2) is 0 Å². The van der Waals surface area contributed by atoms with Crippen LogP contribution in [0.1, 0.15) is 20.8 Å². The van der Waals surface area contributed by atoms with Crippen molar-refractivity contribution >= 4 is 23.5 Å². The first kappa shape index (κ1) is 12.2. The number of halogens is 1. The summed E-state index contributed by atoms with van der Waals surface area (Å²) in [6, 6.07) is -0.904. The third-order valence-electron chi connectivity index (χ3n) is 1.54. The van der Waals surface area contributed by atoms with Crippen LogP contribution >= 0.6 is 11.6 Å². The molecule has 0 rings (SSSR count). The second kappa shape index (κ2) is 4.46. The van der Waals surface area contributed by atoms with Gasteiger partial charge < -0.3 is 10.4 Å². The second-order valence-corrected chi connectivity index (χ2v) is 4.11. The molecule has 0 bridgehead atoms. The van der Waals surface area contributed by atoms with Crippen LogP contribution in [0.15, 0.2) is 0 Å². The molecule has 0 aromatic carbocycles. The summed E-state index contributed by atoms with van der Waals surface area (Å²) in [6.45, 7) is 5.21. The van der Waals surface area contributed by atoms with E-state index in [1.54, 1.807) is 20.8 Å². The number of hydrogen-bond donors (Lipinski definition) is 2. The molecule has 0 heterocycles. The van der Waals surface area contributed by atoms with Gasteiger partial charge in [0.1, 0.15) is 11.9 Å². The van der Waals surface area contributed by atoms with Gasteiger partial charge in [-0.3, -0.25) is 4.79 Å². The second-order valence-electron chi connectivity index (χ2n) is 3.84. The Balaban J connectivity index is 4.46. The highest BCUT2D eigenvalue weighted by Crippen LogP contribution is 2.19. The molecule has 76 valence electrons. The third-order valence-corrected chi connectivity index (χ3v) is 1.78. The van der Waals surface area contributed by atoms with Gasteiger partial charge in [0.25, 0.3) is 0 Å². The third kappa shape index (κ3) is 4.12. The van der Waals surface area contributed by atoms with Crippen molar-refractivity contribution in [3.05, 3.63) is 0 Å². The lowest BCUT2D eigenvalue weighted by Gasteiger charge is -2.27. The molecule has 1 amide bonds. The Morgan fingerprint density at radius 2 is 1.92 bits per heavy atom. The van der Waals surface area contributed by atoms with E-state index in [9.17, 15) is 9.59 Å². The van der Waals surface area contributed by atoms with Crippen LogP contribution in [0, 0.1) is 5.41 Å². The number of carbonyl (C=O) groups is 2. The number of hydrogen-bond acceptors (Lipinski definition) is 2. The molecule has 0 aliphatic heterocycles. The average molecular weight is 208 g/mol. The number of carboxylic acid groups (broad SMARTS) is 1. The molecule has 0 aromatic heterocycles. The quantitative estimate of drug-likeness (QED) is 0.674. The van der Waals surface area contributed by atoms with E-state index in [4.69, 9.17) is 16.7 Å². The van der Waals surface area contributed by atoms with Crippen molar-refractivity contribution in [1.82, 2.24) is 5.32 Å². The summed E-state index contributed by atoms with van der Waals surface area (Å²) in [5.41, 5.74) is -0.520. The van der Waals surface area contributed by atoms with Crippen LogP contribution in [0.2, 0.25) is 0 Å². The fraction of sp³-hybridized carbons (Fsp3) is 0.750. The monoisotopic (exact) mass is 207 g/mol. The van der Waals surface area contributed by atoms with Crippen molar-refractivity contribution in [2.24, 2.45) is 5.41 Å². The zero-order valence-electron chi connectivity index (χ0n) is 7.93. The van der Waals surface area contributed by atoms with E-state index in [1.807, 2.05) is 0 Å². The smallest absolute Gasteiger partial charge is 0.326 e. The molecule has 2 N–H and O–H groups in total. The molecule has 4 nitrogen and oxygen atoms in total. The van der Waals surface area contributed by atoms with Crippen LogP contribution < -0.4 is 5.32 Å². The molecule has 0 aliphatic carbocycles. The molecule has 1 unspecified atom stereocenters. The van der Waals surface area contributed by atoms with Gasteiger partial charge in [0.2, 0.25) is 5.91 Å². The summed E-state index contributed by atoms with van der Waals surface area (Å²) in [5.74, 6) is -1.74. The van der Waals surface area contributed by atoms with Gasteiger partial charge in [-0.1, -0.05) is 20.8 Å². The van der Waals surface area contributed by atoms with Gasteiger partial charge >= 0.3 is 5.97 Å². The first-order chi connectivity index (χ1) is 5.79. The fourth-order valence-electron chi connectivity index (χ4n) is 0.848. The summed E-state index contributed by atoms with van der Waals surface area (Å²) in [6.07, 6.45) is 0. The number of nitrogens with one attached hydrogen (secondary N) is 1. The van der Waals surface area contributed by atoms with Gasteiger partial charge in [-0.2, -0.15) is 0 Å². The molecule has 0 aromatic rings. The maximum absolute atomic E-state index is 10.9. The van der Waals surface area contributed by atoms with E-state index in [1.165, 1.54) is 0 Å². The van der Waals surface area contributed by atoms with Crippen molar-refractivity contribution in [3.8, 4) is 0 Å². The van der Waals surface area contributed by atoms with Crippen molar-refractivity contribution in [3.63, 3.8) is 0 Å². The minimum absolute atomic E-state index is 0.222. The van der Waals surface area contributed by atoms with Crippen LogP contribution in [0.4, 0.5) is 0 Å². The first-order valence-corrected chi connectivity index (χ1v) is 4.40. The molecule has 13 heavy (non-hydrogen) atoms. The van der Waals surface area contributed by atoms with Crippen molar-refractivity contribution in [2.75, 3.05) is 5.88 Å². The highest BCUT2D eigenvalue weighted by atomic mass is 35.5. The number of rotatable bonds is 3. The van der Waals surface area contributed by atoms with E-state index >= 15 is 0 Å². The van der Waals surface area contributed by atoms with E-state index in [0.29, 0.717) is 0 Å². The van der Waals surface area contributed by atoms with Gasteiger partial charge in [-0.15, -0.1) is 11.6 Å². The average Bonchev–Trinajstić information content (AvgIpc) is 1.96. The lowest BCUT2D eigenvalue weighted by atomic mass is 9.87. The zero-order chi connectivity index (χ0) is 10.6. The predicted octanol–water partition coefficient (Wildman–Crippen LogP) is 0.841. The summed E-state index contributed by atoms with van der Waals surface area (Å²) in [7, 11) is 0. The molecule has 0 aliphatic rings. The Kier molecular flexibility index (Phi) is 4.20. The lowest BCUT2D eigenvalue weighted by Crippen LogP contribution is -2.49. The molecule has 0 fully saturated rings. The van der Waals surface area contributed by atoms with Crippen LogP contribution in [0.3, 0.4) is 0 Å². The fourth-order valence-corrected chi connectivity index (χ4v) is 0.925. The molecular weight excluding hydrogens is 194 g/mol. The maximum Gasteiger partial charge on any atom is 0.326 e. The van der Waals surface area contributed by atoms with E-state index in [-0.39, 0.29) is 5.88 Å². The van der Waals surface area contributed by atoms with E-state index in [0.717, 1.165) is 0 Å². The first-order valence-electron chi connectivity index (χ1n) is 3.87. The molecule has 5 heteroatoms. The lowest BCUT2D eigenvalue weighted by molar-refractivity contribution is -0.144. The Morgan fingerprint density at radius 1 is 1.46 bits per heavy atom. The summed E-state index contributed by atoms with van der Waals surface area (Å²) >= 11 is 5.25. The number of carbonyl (C=O) groups excluding carboxylic acids is 1. The zero-order valence-corrected chi connectivity index (χ0v) is 8.68. The normalized spacial score (nSPS) is 13.5. The van der Waals surface area contributed by atoms with Gasteiger partial charge in [-0.25, -0.2) is 4.79 Å². The highest BCUT2D eigenvalue weighted by Gasteiger charge is 2.32. The van der Waals surface area contributed by atoms with Gasteiger partial charge in [0.05, 0.1) is 0 Å². The number of aliphatic carboxylic acids is 1. The topological polar surface area (TPSA) is 66.4 Å². The summed E-state index contributed by atoms with van der Waals surface area (Å²) in [5, 5.41) is 11.1. The Morgan fingerprint density at radius 3 is 2.15 bits per heavy atom. The number of alkyl halides is 1. The standard InChI is InChI=1S/C8H14ClNO3/c1-8(2,3)6(7(12)13)10-5(11)4-9/h6H,4H2,1-3H3,(H,10,11)(H,12,13). The summed E-state index contributed by atoms with van der Waals surface area (Å²) < 4.78 is 0. The van der Waals surface area contributed by atoms with Crippen LogP contribution in [-0.4, -0.2) is 28.9 Å². The minimum atomic E-state index is -1.05. The van der Waals surface area contributed by atoms with Gasteiger partial charge in [0, 0.05) is 0 Å². The summed E-state index contributed by atoms with van der Waals surface area (Å²) in [4.78, 5) is 21.6. The predicted molar refractivity (Wildman–Crippen MR) is 49.7 cm³/mol. The number of carboxylic acids is 1. The van der Waals surface area contributed by atoms with Gasteiger partial charge in [-0.05, 0) is 5.41 Å². The van der Waals surface area contributed by atoms with Crippen molar-refractivity contribution in [1.29, 1.82) is 0 Å².